The Morgan fingerprint density at radius 1 is 0.938 bits per heavy atom. The first-order chi connectivity index (χ1) is 7.85. The van der Waals surface area contributed by atoms with Gasteiger partial charge in [0, 0.05) is 12.4 Å². The maximum Gasteiger partial charge on any atom is 0.0273 e. The molecule has 78 valence electrons. The van der Waals surface area contributed by atoms with Crippen LogP contribution in [-0.4, -0.2) is 4.98 Å². The lowest BCUT2D eigenvalue weighted by atomic mass is 9.98. The van der Waals surface area contributed by atoms with E-state index in [-0.39, 0.29) is 0 Å². The zero-order chi connectivity index (χ0) is 11.4. The van der Waals surface area contributed by atoms with E-state index >= 15 is 0 Å². The second-order valence-electron chi connectivity index (χ2n) is 3.49. The average Bonchev–Trinajstić information content (AvgIpc) is 2.39. The van der Waals surface area contributed by atoms with E-state index in [0.29, 0.717) is 0 Å². The molecule has 0 aliphatic heterocycles. The lowest BCUT2D eigenvalue weighted by Gasteiger charge is -2.07. The number of pyridine rings is 1. The molecule has 0 amide bonds. The summed E-state index contributed by atoms with van der Waals surface area (Å²) in [5.41, 5.74) is 4.54. The molecular weight excluding hydrogens is 194 g/mol. The van der Waals surface area contributed by atoms with Gasteiger partial charge in [0.1, 0.15) is 0 Å². The molecule has 0 fully saturated rings. The molecule has 0 radical (unpaired) electrons. The summed E-state index contributed by atoms with van der Waals surface area (Å²) in [6, 6.07) is 10.2. The van der Waals surface area contributed by atoms with Crippen molar-refractivity contribution in [2.24, 2.45) is 0 Å². The molecule has 0 aliphatic rings. The van der Waals surface area contributed by atoms with Crippen LogP contribution in [0.1, 0.15) is 11.1 Å². The molecule has 1 aromatic carbocycles. The molecule has 0 spiro atoms. The molecule has 16 heavy (non-hydrogen) atoms. The Morgan fingerprint density at radius 3 is 2.31 bits per heavy atom. The van der Waals surface area contributed by atoms with Crippen LogP contribution in [0.25, 0.3) is 23.3 Å². The number of rotatable bonds is 3. The monoisotopic (exact) mass is 207 g/mol. The SMILES string of the molecule is C=Cc1ccc(C=C)c(-c2ccncc2)c1. The normalized spacial score (nSPS) is 9.75. The van der Waals surface area contributed by atoms with Crippen LogP contribution >= 0.6 is 0 Å². The largest absolute Gasteiger partial charge is 0.265 e. The van der Waals surface area contributed by atoms with Crippen molar-refractivity contribution in [1.29, 1.82) is 0 Å². The van der Waals surface area contributed by atoms with Crippen molar-refractivity contribution in [3.05, 3.63) is 67.0 Å². The summed E-state index contributed by atoms with van der Waals surface area (Å²) in [6.07, 6.45) is 7.30. The van der Waals surface area contributed by atoms with Crippen LogP contribution < -0.4 is 0 Å². The van der Waals surface area contributed by atoms with Crippen molar-refractivity contribution in [3.8, 4) is 11.1 Å². The topological polar surface area (TPSA) is 12.9 Å². The molecule has 0 saturated heterocycles. The molecule has 0 atom stereocenters. The lowest BCUT2D eigenvalue weighted by molar-refractivity contribution is 1.33. The number of hydrogen-bond acceptors (Lipinski definition) is 1. The fourth-order valence-corrected chi connectivity index (χ4v) is 1.66. The second-order valence-corrected chi connectivity index (χ2v) is 3.49. The maximum absolute atomic E-state index is 4.02. The van der Waals surface area contributed by atoms with Crippen LogP contribution in [0.3, 0.4) is 0 Å². The third kappa shape index (κ3) is 1.94. The first kappa shape index (κ1) is 10.4. The molecule has 0 aliphatic carbocycles. The summed E-state index contributed by atoms with van der Waals surface area (Å²) in [4.78, 5) is 4.02. The Labute approximate surface area is 95.8 Å². The Hall–Kier alpha value is -2.15. The second kappa shape index (κ2) is 4.58. The summed E-state index contributed by atoms with van der Waals surface area (Å²) < 4.78 is 0. The van der Waals surface area contributed by atoms with E-state index in [0.717, 1.165) is 22.3 Å². The molecule has 0 saturated carbocycles. The fraction of sp³-hybridized carbons (Fsp3) is 0. The van der Waals surface area contributed by atoms with Gasteiger partial charge in [0.2, 0.25) is 0 Å². The molecule has 1 heterocycles. The summed E-state index contributed by atoms with van der Waals surface area (Å²) >= 11 is 0. The van der Waals surface area contributed by atoms with Gasteiger partial charge in [-0.05, 0) is 40.5 Å². The van der Waals surface area contributed by atoms with Gasteiger partial charge in [-0.2, -0.15) is 0 Å². The third-order valence-electron chi connectivity index (χ3n) is 2.52. The first-order valence-electron chi connectivity index (χ1n) is 5.14. The van der Waals surface area contributed by atoms with Gasteiger partial charge >= 0.3 is 0 Å². The Bertz CT molecular complexity index is 512. The standard InChI is InChI=1S/C15H13N/c1-3-12-5-6-13(4-2)15(11-12)14-7-9-16-10-8-14/h3-11H,1-2H2. The van der Waals surface area contributed by atoms with Crippen molar-refractivity contribution in [1.82, 2.24) is 4.98 Å². The van der Waals surface area contributed by atoms with Crippen LogP contribution in [0.15, 0.2) is 55.9 Å². The van der Waals surface area contributed by atoms with E-state index in [1.165, 1.54) is 0 Å². The minimum absolute atomic E-state index is 1.11. The van der Waals surface area contributed by atoms with Gasteiger partial charge in [-0.1, -0.05) is 37.4 Å². The highest BCUT2D eigenvalue weighted by molar-refractivity contribution is 5.76. The molecule has 0 N–H and O–H groups in total. The summed E-state index contributed by atoms with van der Waals surface area (Å²) in [6.45, 7) is 7.61. The summed E-state index contributed by atoms with van der Waals surface area (Å²) in [7, 11) is 0. The third-order valence-corrected chi connectivity index (χ3v) is 2.52. The molecule has 2 aromatic rings. The van der Waals surface area contributed by atoms with Gasteiger partial charge in [-0.25, -0.2) is 0 Å². The highest BCUT2D eigenvalue weighted by atomic mass is 14.6. The predicted molar refractivity (Wildman–Crippen MR) is 69.9 cm³/mol. The number of aromatic nitrogens is 1. The molecule has 1 heteroatoms. The first-order valence-corrected chi connectivity index (χ1v) is 5.14. The fourth-order valence-electron chi connectivity index (χ4n) is 1.66. The number of benzene rings is 1. The van der Waals surface area contributed by atoms with Crippen LogP contribution in [-0.2, 0) is 0 Å². The highest BCUT2D eigenvalue weighted by Gasteiger charge is 2.02. The molecular formula is C15H13N. The van der Waals surface area contributed by atoms with E-state index in [1.54, 1.807) is 12.4 Å². The van der Waals surface area contributed by atoms with Gasteiger partial charge < -0.3 is 0 Å². The smallest absolute Gasteiger partial charge is 0.0273 e. The summed E-state index contributed by atoms with van der Waals surface area (Å²) in [5, 5.41) is 0. The quantitative estimate of drug-likeness (QED) is 0.740. The van der Waals surface area contributed by atoms with E-state index in [2.05, 4.69) is 30.3 Å². The zero-order valence-electron chi connectivity index (χ0n) is 9.06. The molecule has 0 unspecified atom stereocenters. The number of nitrogens with zero attached hydrogens (tertiary/aromatic N) is 1. The Kier molecular flexibility index (Phi) is 2.97. The van der Waals surface area contributed by atoms with Crippen molar-refractivity contribution >= 4 is 12.2 Å². The van der Waals surface area contributed by atoms with Gasteiger partial charge in [-0.15, -0.1) is 0 Å². The molecule has 1 aromatic heterocycles. The van der Waals surface area contributed by atoms with E-state index in [9.17, 15) is 0 Å². The van der Waals surface area contributed by atoms with Crippen molar-refractivity contribution < 1.29 is 0 Å². The lowest BCUT2D eigenvalue weighted by Crippen LogP contribution is -1.85. The predicted octanol–water partition coefficient (Wildman–Crippen LogP) is 4.03. The Morgan fingerprint density at radius 2 is 1.69 bits per heavy atom. The Balaban J connectivity index is 2.62. The maximum atomic E-state index is 4.02. The van der Waals surface area contributed by atoms with Gasteiger partial charge in [0.05, 0.1) is 0 Å². The van der Waals surface area contributed by atoms with Gasteiger partial charge in [0.25, 0.3) is 0 Å². The van der Waals surface area contributed by atoms with Crippen LogP contribution in [0.2, 0.25) is 0 Å². The average molecular weight is 207 g/mol. The van der Waals surface area contributed by atoms with Crippen molar-refractivity contribution in [2.75, 3.05) is 0 Å². The van der Waals surface area contributed by atoms with Crippen LogP contribution in [0.5, 0.6) is 0 Å². The van der Waals surface area contributed by atoms with Crippen molar-refractivity contribution in [2.45, 2.75) is 0 Å². The van der Waals surface area contributed by atoms with E-state index in [4.69, 9.17) is 0 Å². The molecule has 0 bridgehead atoms. The van der Waals surface area contributed by atoms with Crippen LogP contribution in [0, 0.1) is 0 Å². The van der Waals surface area contributed by atoms with E-state index in [1.807, 2.05) is 30.4 Å². The van der Waals surface area contributed by atoms with Crippen molar-refractivity contribution in [3.63, 3.8) is 0 Å². The minimum atomic E-state index is 1.11. The highest BCUT2D eigenvalue weighted by Crippen LogP contribution is 2.25. The van der Waals surface area contributed by atoms with Gasteiger partial charge in [0.15, 0.2) is 0 Å². The van der Waals surface area contributed by atoms with Crippen LogP contribution in [0.4, 0.5) is 0 Å². The van der Waals surface area contributed by atoms with Gasteiger partial charge in [-0.3, -0.25) is 4.98 Å². The summed E-state index contributed by atoms with van der Waals surface area (Å²) in [5.74, 6) is 0. The van der Waals surface area contributed by atoms with E-state index < -0.39 is 0 Å². The zero-order valence-corrected chi connectivity index (χ0v) is 9.06. The molecule has 2 rings (SSSR count). The molecule has 1 nitrogen and oxygen atoms in total. The number of hydrogen-bond donors (Lipinski definition) is 0. The minimum Gasteiger partial charge on any atom is -0.265 e.